The molecular formula is C15H14O2. The van der Waals surface area contributed by atoms with E-state index in [-0.39, 0.29) is 5.78 Å². The highest BCUT2D eigenvalue weighted by atomic mass is 16.5. The number of hydrogen-bond donors (Lipinski definition) is 0. The quantitative estimate of drug-likeness (QED) is 0.736. The SMILES string of the molecule is O=C1CC=CC2=C1OCCC2c1ccccc1. The molecule has 1 atom stereocenters. The summed E-state index contributed by atoms with van der Waals surface area (Å²) < 4.78 is 5.52. The summed E-state index contributed by atoms with van der Waals surface area (Å²) in [6.07, 6.45) is 5.40. The minimum absolute atomic E-state index is 0.114. The smallest absolute Gasteiger partial charge is 0.201 e. The predicted molar refractivity (Wildman–Crippen MR) is 65.5 cm³/mol. The fourth-order valence-corrected chi connectivity index (χ4v) is 2.53. The molecule has 0 N–H and O–H groups in total. The van der Waals surface area contributed by atoms with E-state index in [0.717, 1.165) is 12.0 Å². The highest BCUT2D eigenvalue weighted by Gasteiger charge is 2.29. The Labute approximate surface area is 101 Å². The summed E-state index contributed by atoms with van der Waals surface area (Å²) in [5, 5.41) is 0. The molecular weight excluding hydrogens is 212 g/mol. The van der Waals surface area contributed by atoms with Crippen LogP contribution in [0.1, 0.15) is 24.3 Å². The number of hydrogen-bond acceptors (Lipinski definition) is 2. The molecule has 0 bridgehead atoms. The molecule has 0 saturated carbocycles. The van der Waals surface area contributed by atoms with Crippen molar-refractivity contribution in [3.8, 4) is 0 Å². The summed E-state index contributed by atoms with van der Waals surface area (Å²) in [5.74, 6) is 1.01. The second-order valence-corrected chi connectivity index (χ2v) is 4.41. The van der Waals surface area contributed by atoms with Crippen LogP contribution in [0.15, 0.2) is 53.8 Å². The molecule has 0 spiro atoms. The average Bonchev–Trinajstić information content (AvgIpc) is 2.40. The molecule has 0 fully saturated rings. The molecule has 0 amide bonds. The molecule has 0 aromatic heterocycles. The zero-order valence-corrected chi connectivity index (χ0v) is 9.56. The van der Waals surface area contributed by atoms with Gasteiger partial charge in [-0.2, -0.15) is 0 Å². The van der Waals surface area contributed by atoms with Gasteiger partial charge in [0.05, 0.1) is 6.61 Å². The summed E-state index contributed by atoms with van der Waals surface area (Å²) in [5.41, 5.74) is 2.32. The summed E-state index contributed by atoms with van der Waals surface area (Å²) >= 11 is 0. The third kappa shape index (κ3) is 1.80. The number of ether oxygens (including phenoxy) is 1. The number of ketones is 1. The van der Waals surface area contributed by atoms with Gasteiger partial charge in [-0.15, -0.1) is 0 Å². The van der Waals surface area contributed by atoms with E-state index >= 15 is 0 Å². The topological polar surface area (TPSA) is 26.3 Å². The molecule has 3 rings (SSSR count). The molecule has 2 nitrogen and oxygen atoms in total. The first-order valence-electron chi connectivity index (χ1n) is 5.98. The van der Waals surface area contributed by atoms with E-state index in [0.29, 0.717) is 24.7 Å². The molecule has 1 unspecified atom stereocenters. The van der Waals surface area contributed by atoms with Crippen LogP contribution in [-0.2, 0) is 9.53 Å². The van der Waals surface area contributed by atoms with Crippen molar-refractivity contribution in [2.75, 3.05) is 6.61 Å². The Kier molecular flexibility index (Phi) is 2.56. The van der Waals surface area contributed by atoms with Crippen LogP contribution in [0.4, 0.5) is 0 Å². The first kappa shape index (κ1) is 10.3. The normalized spacial score (nSPS) is 23.3. The lowest BCUT2D eigenvalue weighted by atomic mass is 9.83. The fourth-order valence-electron chi connectivity index (χ4n) is 2.53. The van der Waals surface area contributed by atoms with Gasteiger partial charge in [-0.25, -0.2) is 0 Å². The van der Waals surface area contributed by atoms with Gasteiger partial charge in [0, 0.05) is 17.9 Å². The van der Waals surface area contributed by atoms with Gasteiger partial charge in [0.2, 0.25) is 5.78 Å². The summed E-state index contributed by atoms with van der Waals surface area (Å²) in [6.45, 7) is 0.637. The fraction of sp³-hybridized carbons (Fsp3) is 0.267. The Hall–Kier alpha value is -1.83. The molecule has 1 aromatic rings. The average molecular weight is 226 g/mol. The number of benzene rings is 1. The predicted octanol–water partition coefficient (Wildman–Crippen LogP) is 2.97. The van der Waals surface area contributed by atoms with Crippen molar-refractivity contribution in [3.05, 3.63) is 59.4 Å². The number of allylic oxidation sites excluding steroid dienone is 4. The molecule has 0 saturated heterocycles. The number of carbonyl (C=O) groups excluding carboxylic acids is 1. The van der Waals surface area contributed by atoms with Crippen molar-refractivity contribution >= 4 is 5.78 Å². The van der Waals surface area contributed by atoms with Crippen LogP contribution in [0.3, 0.4) is 0 Å². The zero-order valence-electron chi connectivity index (χ0n) is 9.56. The Bertz CT molecular complexity index is 497. The molecule has 1 aliphatic carbocycles. The van der Waals surface area contributed by atoms with Gasteiger partial charge in [-0.3, -0.25) is 4.79 Å². The van der Waals surface area contributed by atoms with Crippen LogP contribution >= 0.6 is 0 Å². The van der Waals surface area contributed by atoms with Gasteiger partial charge >= 0.3 is 0 Å². The lowest BCUT2D eigenvalue weighted by molar-refractivity contribution is -0.118. The molecule has 86 valence electrons. The lowest BCUT2D eigenvalue weighted by Gasteiger charge is -2.28. The highest BCUT2D eigenvalue weighted by Crippen LogP contribution is 2.37. The highest BCUT2D eigenvalue weighted by molar-refractivity contribution is 5.97. The van der Waals surface area contributed by atoms with Gasteiger partial charge < -0.3 is 4.74 Å². The molecule has 1 heterocycles. The number of rotatable bonds is 1. The maximum Gasteiger partial charge on any atom is 0.201 e. The maximum atomic E-state index is 11.8. The second-order valence-electron chi connectivity index (χ2n) is 4.41. The van der Waals surface area contributed by atoms with Crippen LogP contribution in [0.5, 0.6) is 0 Å². The summed E-state index contributed by atoms with van der Waals surface area (Å²) in [6, 6.07) is 10.3. The Morgan fingerprint density at radius 2 is 2.00 bits per heavy atom. The van der Waals surface area contributed by atoms with E-state index in [2.05, 4.69) is 12.1 Å². The van der Waals surface area contributed by atoms with E-state index in [4.69, 9.17) is 4.74 Å². The largest absolute Gasteiger partial charge is 0.489 e. The van der Waals surface area contributed by atoms with Crippen LogP contribution in [0.25, 0.3) is 0 Å². The Morgan fingerprint density at radius 3 is 2.82 bits per heavy atom. The molecule has 2 aliphatic rings. The molecule has 1 aromatic carbocycles. The van der Waals surface area contributed by atoms with E-state index in [1.165, 1.54) is 5.56 Å². The van der Waals surface area contributed by atoms with Gasteiger partial charge in [0.15, 0.2) is 5.76 Å². The third-order valence-corrected chi connectivity index (χ3v) is 3.35. The van der Waals surface area contributed by atoms with Crippen LogP contribution < -0.4 is 0 Å². The van der Waals surface area contributed by atoms with Crippen LogP contribution in [0, 0.1) is 0 Å². The Morgan fingerprint density at radius 1 is 1.18 bits per heavy atom. The maximum absolute atomic E-state index is 11.8. The molecule has 0 radical (unpaired) electrons. The van der Waals surface area contributed by atoms with Crippen molar-refractivity contribution in [2.24, 2.45) is 0 Å². The van der Waals surface area contributed by atoms with Crippen LogP contribution in [0.2, 0.25) is 0 Å². The van der Waals surface area contributed by atoms with E-state index in [9.17, 15) is 4.79 Å². The summed E-state index contributed by atoms with van der Waals surface area (Å²) in [4.78, 5) is 11.8. The third-order valence-electron chi connectivity index (χ3n) is 3.35. The van der Waals surface area contributed by atoms with E-state index in [1.54, 1.807) is 0 Å². The van der Waals surface area contributed by atoms with Crippen molar-refractivity contribution < 1.29 is 9.53 Å². The molecule has 1 aliphatic heterocycles. The molecule has 2 heteroatoms. The zero-order chi connectivity index (χ0) is 11.7. The minimum Gasteiger partial charge on any atom is -0.489 e. The molecule has 17 heavy (non-hydrogen) atoms. The van der Waals surface area contributed by atoms with E-state index < -0.39 is 0 Å². The van der Waals surface area contributed by atoms with Crippen molar-refractivity contribution in [1.82, 2.24) is 0 Å². The van der Waals surface area contributed by atoms with Gasteiger partial charge in [0.1, 0.15) is 0 Å². The van der Waals surface area contributed by atoms with E-state index in [1.807, 2.05) is 30.4 Å². The first-order valence-corrected chi connectivity index (χ1v) is 5.98. The van der Waals surface area contributed by atoms with Crippen LogP contribution in [-0.4, -0.2) is 12.4 Å². The van der Waals surface area contributed by atoms with Gasteiger partial charge in [-0.05, 0) is 12.0 Å². The monoisotopic (exact) mass is 226 g/mol. The van der Waals surface area contributed by atoms with Gasteiger partial charge in [-0.1, -0.05) is 42.5 Å². The number of carbonyl (C=O) groups is 1. The van der Waals surface area contributed by atoms with Gasteiger partial charge in [0.25, 0.3) is 0 Å². The first-order chi connectivity index (χ1) is 8.36. The lowest BCUT2D eigenvalue weighted by Crippen LogP contribution is -2.21. The van der Waals surface area contributed by atoms with Crippen molar-refractivity contribution in [2.45, 2.75) is 18.8 Å². The standard InChI is InChI=1S/C15H14O2/c16-14-8-4-7-13-12(9-10-17-15(13)14)11-5-2-1-3-6-11/h1-7,12H,8-10H2. The van der Waals surface area contributed by atoms with Crippen molar-refractivity contribution in [3.63, 3.8) is 0 Å². The number of Topliss-reactive ketones (excluding diaryl/α,β-unsaturated/α-hetero) is 1. The Balaban J connectivity index is 2.04. The van der Waals surface area contributed by atoms with Crippen molar-refractivity contribution in [1.29, 1.82) is 0 Å². The minimum atomic E-state index is 0.114. The summed E-state index contributed by atoms with van der Waals surface area (Å²) in [7, 11) is 0. The second kappa shape index (κ2) is 4.21.